The van der Waals surface area contributed by atoms with Crippen molar-refractivity contribution in [1.82, 2.24) is 0 Å². The van der Waals surface area contributed by atoms with Gasteiger partial charge in [0, 0.05) is 22.2 Å². The van der Waals surface area contributed by atoms with Crippen molar-refractivity contribution < 1.29 is 4.79 Å². The highest BCUT2D eigenvalue weighted by molar-refractivity contribution is 9.10. The summed E-state index contributed by atoms with van der Waals surface area (Å²) in [5.41, 5.74) is 12.6. The molecule has 0 spiro atoms. The van der Waals surface area contributed by atoms with Crippen LogP contribution in [0.1, 0.15) is 29.6 Å². The van der Waals surface area contributed by atoms with Crippen molar-refractivity contribution >= 4 is 27.5 Å². The predicted octanol–water partition coefficient (Wildman–Crippen LogP) is 1.84. The zero-order valence-corrected chi connectivity index (χ0v) is 11.0. The molecule has 1 aromatic rings. The van der Waals surface area contributed by atoms with Crippen LogP contribution in [0.3, 0.4) is 0 Å². The summed E-state index contributed by atoms with van der Waals surface area (Å²) in [5, 5.41) is 3.33. The van der Waals surface area contributed by atoms with Gasteiger partial charge in [-0.05, 0) is 47.3 Å². The van der Waals surface area contributed by atoms with E-state index in [-0.39, 0.29) is 12.1 Å². The zero-order chi connectivity index (χ0) is 12.4. The highest BCUT2D eigenvalue weighted by Gasteiger charge is 2.25. The molecule has 1 aliphatic rings. The molecular weight excluding hydrogens is 282 g/mol. The fraction of sp³-hybridized carbons (Fsp3) is 0.417. The van der Waals surface area contributed by atoms with Crippen molar-refractivity contribution in [2.45, 2.75) is 31.3 Å². The molecule has 1 aromatic carbocycles. The van der Waals surface area contributed by atoms with Gasteiger partial charge < -0.3 is 16.8 Å². The molecule has 1 amide bonds. The Morgan fingerprint density at radius 3 is 2.76 bits per heavy atom. The first-order valence-electron chi connectivity index (χ1n) is 5.70. The predicted molar refractivity (Wildman–Crippen MR) is 71.9 cm³/mol. The molecule has 2 atom stereocenters. The van der Waals surface area contributed by atoms with Gasteiger partial charge in [-0.3, -0.25) is 4.79 Å². The topological polar surface area (TPSA) is 81.1 Å². The molecule has 4 nitrogen and oxygen atoms in total. The SMILES string of the molecule is NC(=O)c1c(Br)cccc1NC1CCCC1N. The Labute approximate surface area is 109 Å². The quantitative estimate of drug-likeness (QED) is 0.796. The lowest BCUT2D eigenvalue weighted by Crippen LogP contribution is -2.35. The number of halogens is 1. The van der Waals surface area contributed by atoms with E-state index in [1.165, 1.54) is 0 Å². The maximum absolute atomic E-state index is 11.4. The van der Waals surface area contributed by atoms with Crippen LogP contribution in [0.25, 0.3) is 0 Å². The first-order valence-corrected chi connectivity index (χ1v) is 6.49. The van der Waals surface area contributed by atoms with Gasteiger partial charge in [-0.25, -0.2) is 0 Å². The number of carbonyl (C=O) groups is 1. The third-order valence-electron chi connectivity index (χ3n) is 3.17. The molecule has 1 saturated carbocycles. The number of hydrogen-bond donors (Lipinski definition) is 3. The largest absolute Gasteiger partial charge is 0.380 e. The normalized spacial score (nSPS) is 23.6. The molecule has 5 heteroatoms. The number of nitrogens with one attached hydrogen (secondary N) is 1. The maximum Gasteiger partial charge on any atom is 0.251 e. The number of benzene rings is 1. The standard InChI is InChI=1S/C12H16BrN3O/c13-7-3-1-6-10(11(7)12(15)17)16-9-5-2-4-8(9)14/h1,3,6,8-9,16H,2,4-5,14H2,(H2,15,17). The lowest BCUT2D eigenvalue weighted by atomic mass is 10.1. The lowest BCUT2D eigenvalue weighted by Gasteiger charge is -2.20. The summed E-state index contributed by atoms with van der Waals surface area (Å²) < 4.78 is 0.710. The van der Waals surface area contributed by atoms with Crippen LogP contribution in [0.15, 0.2) is 22.7 Å². The summed E-state index contributed by atoms with van der Waals surface area (Å²) >= 11 is 3.34. The fourth-order valence-electron chi connectivity index (χ4n) is 2.26. The Hall–Kier alpha value is -1.07. The van der Waals surface area contributed by atoms with Crippen LogP contribution < -0.4 is 16.8 Å². The van der Waals surface area contributed by atoms with Crippen molar-refractivity contribution in [2.75, 3.05) is 5.32 Å². The van der Waals surface area contributed by atoms with Gasteiger partial charge >= 0.3 is 0 Å². The number of nitrogens with two attached hydrogens (primary N) is 2. The van der Waals surface area contributed by atoms with Crippen LogP contribution >= 0.6 is 15.9 Å². The average molecular weight is 298 g/mol. The van der Waals surface area contributed by atoms with Crippen LogP contribution in [0.4, 0.5) is 5.69 Å². The molecule has 1 fully saturated rings. The number of anilines is 1. The summed E-state index contributed by atoms with van der Waals surface area (Å²) in [4.78, 5) is 11.4. The third-order valence-corrected chi connectivity index (χ3v) is 3.83. The Morgan fingerprint density at radius 1 is 1.41 bits per heavy atom. The fourth-order valence-corrected chi connectivity index (χ4v) is 2.82. The molecule has 17 heavy (non-hydrogen) atoms. The van der Waals surface area contributed by atoms with E-state index in [1.807, 2.05) is 12.1 Å². The smallest absolute Gasteiger partial charge is 0.251 e. The number of hydrogen-bond acceptors (Lipinski definition) is 3. The lowest BCUT2D eigenvalue weighted by molar-refractivity contribution is 0.100. The van der Waals surface area contributed by atoms with E-state index < -0.39 is 5.91 Å². The van der Waals surface area contributed by atoms with Crippen molar-refractivity contribution in [3.05, 3.63) is 28.2 Å². The van der Waals surface area contributed by atoms with E-state index in [0.29, 0.717) is 10.0 Å². The van der Waals surface area contributed by atoms with Crippen LogP contribution in [0.5, 0.6) is 0 Å². The Kier molecular flexibility index (Phi) is 3.69. The van der Waals surface area contributed by atoms with Gasteiger partial charge in [0.2, 0.25) is 0 Å². The van der Waals surface area contributed by atoms with Gasteiger partial charge in [0.05, 0.1) is 5.56 Å². The van der Waals surface area contributed by atoms with Crippen LogP contribution in [0.2, 0.25) is 0 Å². The second kappa shape index (κ2) is 5.06. The minimum absolute atomic E-state index is 0.148. The third kappa shape index (κ3) is 2.61. The molecule has 0 bridgehead atoms. The Bertz CT molecular complexity index is 436. The van der Waals surface area contributed by atoms with Gasteiger partial charge in [0.15, 0.2) is 0 Å². The van der Waals surface area contributed by atoms with Crippen molar-refractivity contribution in [3.63, 3.8) is 0 Å². The van der Waals surface area contributed by atoms with Crippen LogP contribution in [-0.2, 0) is 0 Å². The highest BCUT2D eigenvalue weighted by atomic mass is 79.9. The molecule has 0 heterocycles. The summed E-state index contributed by atoms with van der Waals surface area (Å²) in [6.07, 6.45) is 3.18. The Morgan fingerprint density at radius 2 is 2.18 bits per heavy atom. The van der Waals surface area contributed by atoms with E-state index >= 15 is 0 Å². The average Bonchev–Trinajstić information content (AvgIpc) is 2.64. The van der Waals surface area contributed by atoms with E-state index in [4.69, 9.17) is 11.5 Å². The zero-order valence-electron chi connectivity index (χ0n) is 9.45. The van der Waals surface area contributed by atoms with Crippen LogP contribution in [0, 0.1) is 0 Å². The second-order valence-electron chi connectivity index (χ2n) is 4.37. The number of primary amides is 1. The molecule has 0 radical (unpaired) electrons. The van der Waals surface area contributed by atoms with Gasteiger partial charge in [-0.1, -0.05) is 6.07 Å². The van der Waals surface area contributed by atoms with Gasteiger partial charge in [0.25, 0.3) is 5.91 Å². The van der Waals surface area contributed by atoms with Gasteiger partial charge in [-0.2, -0.15) is 0 Å². The monoisotopic (exact) mass is 297 g/mol. The van der Waals surface area contributed by atoms with E-state index in [1.54, 1.807) is 6.07 Å². The highest BCUT2D eigenvalue weighted by Crippen LogP contribution is 2.28. The molecule has 0 aromatic heterocycles. The van der Waals surface area contributed by atoms with Crippen molar-refractivity contribution in [1.29, 1.82) is 0 Å². The first kappa shape index (κ1) is 12.4. The van der Waals surface area contributed by atoms with E-state index in [9.17, 15) is 4.79 Å². The summed E-state index contributed by atoms with van der Waals surface area (Å²) in [5.74, 6) is -0.438. The summed E-state index contributed by atoms with van der Waals surface area (Å²) in [6.45, 7) is 0. The molecule has 1 aliphatic carbocycles. The molecule has 2 rings (SSSR count). The summed E-state index contributed by atoms with van der Waals surface area (Å²) in [7, 11) is 0. The molecule has 0 aliphatic heterocycles. The molecule has 5 N–H and O–H groups in total. The number of amides is 1. The van der Waals surface area contributed by atoms with Gasteiger partial charge in [-0.15, -0.1) is 0 Å². The maximum atomic E-state index is 11.4. The molecule has 92 valence electrons. The molecule has 2 unspecified atom stereocenters. The molecular formula is C12H16BrN3O. The minimum atomic E-state index is -0.438. The Balaban J connectivity index is 2.26. The first-order chi connectivity index (χ1) is 8.09. The second-order valence-corrected chi connectivity index (χ2v) is 5.23. The van der Waals surface area contributed by atoms with Crippen molar-refractivity contribution in [2.24, 2.45) is 11.5 Å². The number of carbonyl (C=O) groups excluding carboxylic acids is 1. The van der Waals surface area contributed by atoms with Crippen molar-refractivity contribution in [3.8, 4) is 0 Å². The van der Waals surface area contributed by atoms with E-state index in [2.05, 4.69) is 21.2 Å². The minimum Gasteiger partial charge on any atom is -0.380 e. The van der Waals surface area contributed by atoms with E-state index in [0.717, 1.165) is 24.9 Å². The van der Waals surface area contributed by atoms with Gasteiger partial charge in [0.1, 0.15) is 0 Å². The number of rotatable bonds is 3. The van der Waals surface area contributed by atoms with Crippen LogP contribution in [-0.4, -0.2) is 18.0 Å². The molecule has 0 saturated heterocycles. The summed E-state index contributed by atoms with van der Waals surface area (Å²) in [6, 6.07) is 5.91.